The summed E-state index contributed by atoms with van der Waals surface area (Å²) < 4.78 is 10.7. The molecule has 2 heterocycles. The van der Waals surface area contributed by atoms with E-state index in [0.717, 1.165) is 48.8 Å². The number of carbonyl (C=O) groups is 2. The van der Waals surface area contributed by atoms with Crippen molar-refractivity contribution in [2.75, 3.05) is 32.2 Å². The number of benzene rings is 1. The van der Waals surface area contributed by atoms with E-state index in [9.17, 15) is 9.59 Å². The molecule has 0 spiro atoms. The lowest BCUT2D eigenvalue weighted by molar-refractivity contribution is -0.128. The third-order valence-electron chi connectivity index (χ3n) is 5.70. The zero-order chi connectivity index (χ0) is 24.0. The molecule has 9 heteroatoms. The van der Waals surface area contributed by atoms with E-state index in [1.807, 2.05) is 26.0 Å². The molecule has 2 amide bonds. The van der Waals surface area contributed by atoms with Gasteiger partial charge in [-0.3, -0.25) is 9.59 Å². The smallest absolute Gasteiger partial charge is 0.243 e. The summed E-state index contributed by atoms with van der Waals surface area (Å²) in [5, 5.41) is 5.89. The van der Waals surface area contributed by atoms with Crippen molar-refractivity contribution >= 4 is 17.8 Å². The van der Waals surface area contributed by atoms with Crippen molar-refractivity contribution in [2.24, 2.45) is 0 Å². The van der Waals surface area contributed by atoms with Gasteiger partial charge in [-0.15, -0.1) is 0 Å². The van der Waals surface area contributed by atoms with Gasteiger partial charge in [0.15, 0.2) is 0 Å². The van der Waals surface area contributed by atoms with Gasteiger partial charge in [0.05, 0.1) is 14.2 Å². The number of rotatable bonds is 8. The summed E-state index contributed by atoms with van der Waals surface area (Å²) in [5.41, 5.74) is 2.67. The van der Waals surface area contributed by atoms with Crippen LogP contribution in [0.5, 0.6) is 11.5 Å². The molecule has 0 saturated carbocycles. The molecular weight excluding hydrogens is 422 g/mol. The van der Waals surface area contributed by atoms with Gasteiger partial charge in [0.2, 0.25) is 17.8 Å². The van der Waals surface area contributed by atoms with Gasteiger partial charge >= 0.3 is 0 Å². The normalized spacial score (nSPS) is 15.0. The van der Waals surface area contributed by atoms with Gasteiger partial charge in [-0.05, 0) is 51.0 Å². The molecule has 0 bridgehead atoms. The Kier molecular flexibility index (Phi) is 8.08. The Morgan fingerprint density at radius 1 is 1.09 bits per heavy atom. The molecule has 0 aliphatic carbocycles. The highest BCUT2D eigenvalue weighted by Crippen LogP contribution is 2.25. The average molecular weight is 456 g/mol. The molecule has 1 aliphatic heterocycles. The summed E-state index contributed by atoms with van der Waals surface area (Å²) in [4.78, 5) is 36.1. The number of anilines is 1. The Labute approximate surface area is 194 Å². The fourth-order valence-corrected chi connectivity index (χ4v) is 4.09. The lowest BCUT2D eigenvalue weighted by Gasteiger charge is -2.33. The van der Waals surface area contributed by atoms with E-state index in [0.29, 0.717) is 17.9 Å². The average Bonchev–Trinajstić information content (AvgIpc) is 2.78. The number of aryl methyl sites for hydroxylation is 2. The molecule has 0 radical (unpaired) electrons. The van der Waals surface area contributed by atoms with Gasteiger partial charge in [0.25, 0.3) is 0 Å². The van der Waals surface area contributed by atoms with Gasteiger partial charge in [-0.2, -0.15) is 0 Å². The van der Waals surface area contributed by atoms with Crippen LogP contribution in [0, 0.1) is 13.8 Å². The molecule has 1 aromatic carbocycles. The molecule has 2 aromatic rings. The maximum absolute atomic E-state index is 13.1. The molecule has 9 nitrogen and oxygen atoms in total. The second kappa shape index (κ2) is 11.0. The summed E-state index contributed by atoms with van der Waals surface area (Å²) in [6.07, 6.45) is 1.84. The number of ether oxygens (including phenoxy) is 2. The number of amides is 2. The van der Waals surface area contributed by atoms with Gasteiger partial charge < -0.3 is 25.0 Å². The fraction of sp³-hybridized carbons (Fsp3) is 0.500. The van der Waals surface area contributed by atoms with Crippen LogP contribution in [0.25, 0.3) is 0 Å². The number of hydrogen-bond acceptors (Lipinski definition) is 7. The van der Waals surface area contributed by atoms with Crippen LogP contribution in [-0.2, 0) is 16.0 Å². The van der Waals surface area contributed by atoms with Gasteiger partial charge in [0, 0.05) is 49.4 Å². The third-order valence-corrected chi connectivity index (χ3v) is 5.70. The van der Waals surface area contributed by atoms with Gasteiger partial charge in [-0.1, -0.05) is 0 Å². The van der Waals surface area contributed by atoms with Crippen molar-refractivity contribution in [3.05, 3.63) is 41.2 Å². The number of carbonyl (C=O) groups excluding carboxylic acids is 2. The number of methoxy groups -OCH3 is 2. The zero-order valence-corrected chi connectivity index (χ0v) is 20.0. The molecule has 2 N–H and O–H groups in total. The van der Waals surface area contributed by atoms with Crippen molar-refractivity contribution in [2.45, 2.75) is 52.1 Å². The summed E-state index contributed by atoms with van der Waals surface area (Å²) in [7, 11) is 3.16. The molecule has 1 fully saturated rings. The SMILES string of the molecule is COc1ccc(OC)c(CC(NC(C)=O)C(=O)NC2CCN(c3nc(C)cc(C)n3)CC2)c1. The highest BCUT2D eigenvalue weighted by Gasteiger charge is 2.27. The molecule has 1 saturated heterocycles. The van der Waals surface area contributed by atoms with E-state index in [1.54, 1.807) is 26.4 Å². The lowest BCUT2D eigenvalue weighted by atomic mass is 10.0. The van der Waals surface area contributed by atoms with Gasteiger partial charge in [0.1, 0.15) is 17.5 Å². The van der Waals surface area contributed by atoms with Crippen LogP contribution in [-0.4, -0.2) is 61.2 Å². The maximum atomic E-state index is 13.1. The first-order valence-corrected chi connectivity index (χ1v) is 11.1. The van der Waals surface area contributed by atoms with Crippen LogP contribution >= 0.6 is 0 Å². The topological polar surface area (TPSA) is 106 Å². The van der Waals surface area contributed by atoms with E-state index in [-0.39, 0.29) is 17.9 Å². The van der Waals surface area contributed by atoms with Crippen molar-refractivity contribution in [1.82, 2.24) is 20.6 Å². The Hall–Kier alpha value is -3.36. The quantitative estimate of drug-likeness (QED) is 0.627. The molecule has 1 atom stereocenters. The van der Waals surface area contributed by atoms with Crippen LogP contribution in [0.3, 0.4) is 0 Å². The number of nitrogens with one attached hydrogen (secondary N) is 2. The van der Waals surface area contributed by atoms with Crippen LogP contribution in [0.2, 0.25) is 0 Å². The second-order valence-electron chi connectivity index (χ2n) is 8.36. The summed E-state index contributed by atoms with van der Waals surface area (Å²) in [6, 6.07) is 6.66. The third kappa shape index (κ3) is 6.57. The molecule has 1 unspecified atom stereocenters. The van der Waals surface area contributed by atoms with E-state index in [4.69, 9.17) is 9.47 Å². The second-order valence-corrected chi connectivity index (χ2v) is 8.36. The molecule has 1 aromatic heterocycles. The Balaban J connectivity index is 1.64. The largest absolute Gasteiger partial charge is 0.497 e. The molecule has 33 heavy (non-hydrogen) atoms. The van der Waals surface area contributed by atoms with Crippen LogP contribution < -0.4 is 25.0 Å². The predicted octanol–water partition coefficient (Wildman–Crippen LogP) is 1.94. The van der Waals surface area contributed by atoms with Crippen LogP contribution in [0.15, 0.2) is 24.3 Å². The highest BCUT2D eigenvalue weighted by atomic mass is 16.5. The van der Waals surface area contributed by atoms with Crippen molar-refractivity contribution in [1.29, 1.82) is 0 Å². The van der Waals surface area contributed by atoms with Crippen LogP contribution in [0.4, 0.5) is 5.95 Å². The highest BCUT2D eigenvalue weighted by molar-refractivity contribution is 5.87. The lowest BCUT2D eigenvalue weighted by Crippen LogP contribution is -2.52. The Bertz CT molecular complexity index is 969. The van der Waals surface area contributed by atoms with E-state index >= 15 is 0 Å². The standard InChI is InChI=1S/C24H33N5O4/c1-15-12-16(2)26-24(25-15)29-10-8-19(9-11-29)28-23(31)21(27-17(3)30)14-18-13-20(32-4)6-7-22(18)33-5/h6-7,12-13,19,21H,8-11,14H2,1-5H3,(H,27,30)(H,28,31). The number of hydrogen-bond donors (Lipinski definition) is 2. The van der Waals surface area contributed by atoms with Crippen molar-refractivity contribution in [3.8, 4) is 11.5 Å². The monoisotopic (exact) mass is 455 g/mol. The Morgan fingerprint density at radius 2 is 1.76 bits per heavy atom. The first-order valence-electron chi connectivity index (χ1n) is 11.1. The minimum absolute atomic E-state index is 0.0168. The molecule has 3 rings (SSSR count). The van der Waals surface area contributed by atoms with Crippen LogP contribution in [0.1, 0.15) is 36.7 Å². The van der Waals surface area contributed by atoms with Crippen molar-refractivity contribution < 1.29 is 19.1 Å². The first-order chi connectivity index (χ1) is 15.8. The van der Waals surface area contributed by atoms with E-state index in [1.165, 1.54) is 6.92 Å². The number of nitrogens with zero attached hydrogens (tertiary/aromatic N) is 3. The first kappa shape index (κ1) is 24.3. The fourth-order valence-electron chi connectivity index (χ4n) is 4.09. The maximum Gasteiger partial charge on any atom is 0.243 e. The zero-order valence-electron chi connectivity index (χ0n) is 20.0. The summed E-state index contributed by atoms with van der Waals surface area (Å²) in [6.45, 7) is 6.84. The Morgan fingerprint density at radius 3 is 2.33 bits per heavy atom. The van der Waals surface area contributed by atoms with E-state index in [2.05, 4.69) is 25.5 Å². The number of aromatic nitrogens is 2. The molecule has 1 aliphatic rings. The molecular formula is C24H33N5O4. The summed E-state index contributed by atoms with van der Waals surface area (Å²) >= 11 is 0. The number of piperidine rings is 1. The summed E-state index contributed by atoms with van der Waals surface area (Å²) in [5.74, 6) is 1.56. The van der Waals surface area contributed by atoms with E-state index < -0.39 is 6.04 Å². The van der Waals surface area contributed by atoms with Gasteiger partial charge in [-0.25, -0.2) is 9.97 Å². The minimum Gasteiger partial charge on any atom is -0.497 e. The molecule has 178 valence electrons. The minimum atomic E-state index is -0.718. The predicted molar refractivity (Wildman–Crippen MR) is 126 cm³/mol. The van der Waals surface area contributed by atoms with Crippen molar-refractivity contribution in [3.63, 3.8) is 0 Å².